The molecule has 1 aromatic rings. The molecule has 1 aliphatic heterocycles. The second-order valence-electron chi connectivity index (χ2n) is 3.73. The van der Waals surface area contributed by atoms with Crippen LogP contribution in [-0.2, 0) is 0 Å². The summed E-state index contributed by atoms with van der Waals surface area (Å²) in [5.74, 6) is 1.86. The number of halogens is 2. The predicted molar refractivity (Wildman–Crippen MR) is 66.7 cm³/mol. The number of amides is 2. The number of terminal acetylenes is 1. The Labute approximate surface area is 108 Å². The molecule has 0 bridgehead atoms. The molecule has 2 rings (SSSR count). The largest absolute Gasteiger partial charge is 0.385 e. The summed E-state index contributed by atoms with van der Waals surface area (Å²) in [4.78, 5) is 16.5. The minimum absolute atomic E-state index is 0.00193. The van der Waals surface area contributed by atoms with E-state index in [-0.39, 0.29) is 17.4 Å². The minimum Gasteiger partial charge on any atom is -0.385 e. The average Bonchev–Trinajstić information content (AvgIpc) is 2.59. The lowest BCUT2D eigenvalue weighted by molar-refractivity contribution is 0.213. The Hall–Kier alpha value is -2.06. The number of urea groups is 1. The normalized spacial score (nSPS) is 18.7. The maximum absolute atomic E-state index is 13.4. The van der Waals surface area contributed by atoms with Gasteiger partial charge in [-0.15, -0.1) is 6.42 Å². The number of carbonyl (C=O) groups is 1. The lowest BCUT2D eigenvalue weighted by Gasteiger charge is -2.22. The molecule has 1 heterocycles. The van der Waals surface area contributed by atoms with Gasteiger partial charge >= 0.3 is 6.03 Å². The Balaban J connectivity index is 2.41. The van der Waals surface area contributed by atoms with E-state index in [0.29, 0.717) is 5.56 Å². The summed E-state index contributed by atoms with van der Waals surface area (Å²) in [6.07, 6.45) is 5.18. The molecular weight excluding hydrogens is 257 g/mol. The summed E-state index contributed by atoms with van der Waals surface area (Å²) in [5, 5.41) is 0.00193. The van der Waals surface area contributed by atoms with E-state index in [2.05, 4.69) is 10.9 Å². The molecular formula is C12H9ClFN3O. The van der Waals surface area contributed by atoms with Gasteiger partial charge in [0.15, 0.2) is 0 Å². The Morgan fingerprint density at radius 1 is 1.61 bits per heavy atom. The third-order valence-electron chi connectivity index (χ3n) is 2.58. The lowest BCUT2D eigenvalue weighted by atomic mass is 10.1. The number of amidine groups is 1. The van der Waals surface area contributed by atoms with Crippen molar-refractivity contribution in [2.45, 2.75) is 6.04 Å². The Kier molecular flexibility index (Phi) is 3.21. The molecule has 1 aromatic carbocycles. The predicted octanol–water partition coefficient (Wildman–Crippen LogP) is 1.95. The number of hydrogen-bond donors (Lipinski definition) is 1. The zero-order chi connectivity index (χ0) is 13.3. The Morgan fingerprint density at radius 2 is 2.33 bits per heavy atom. The van der Waals surface area contributed by atoms with Crippen LogP contribution in [0.1, 0.15) is 11.6 Å². The van der Waals surface area contributed by atoms with Crippen LogP contribution in [0.2, 0.25) is 5.02 Å². The van der Waals surface area contributed by atoms with Crippen LogP contribution < -0.4 is 5.73 Å². The highest BCUT2D eigenvalue weighted by molar-refractivity contribution is 6.30. The maximum Gasteiger partial charge on any atom is 0.346 e. The quantitative estimate of drug-likeness (QED) is 0.831. The van der Waals surface area contributed by atoms with Gasteiger partial charge in [0.2, 0.25) is 0 Å². The SMILES string of the molecule is C#CCN1C(=O)N=C(N)C1c1ccc(Cl)c(F)c1. The molecule has 0 saturated carbocycles. The standard InChI is InChI=1S/C12H9ClFN3O/c1-2-5-17-10(11(15)16-12(17)18)7-3-4-8(13)9(14)6-7/h1,3-4,6,10H,5H2,(H2,15,16,18). The number of benzene rings is 1. The topological polar surface area (TPSA) is 58.7 Å². The van der Waals surface area contributed by atoms with Gasteiger partial charge < -0.3 is 5.73 Å². The van der Waals surface area contributed by atoms with Crippen molar-refractivity contribution in [3.05, 3.63) is 34.6 Å². The molecule has 1 atom stereocenters. The summed E-state index contributed by atoms with van der Waals surface area (Å²) in [6, 6.07) is 3.04. The number of nitrogens with zero attached hydrogens (tertiary/aromatic N) is 2. The van der Waals surface area contributed by atoms with Crippen LogP contribution in [0.25, 0.3) is 0 Å². The van der Waals surface area contributed by atoms with Crippen LogP contribution in [0.3, 0.4) is 0 Å². The van der Waals surface area contributed by atoms with E-state index in [1.165, 1.54) is 17.0 Å². The summed E-state index contributed by atoms with van der Waals surface area (Å²) in [7, 11) is 0. The number of aliphatic imine (C=N–C) groups is 1. The molecule has 2 amide bonds. The summed E-state index contributed by atoms with van der Waals surface area (Å²) < 4.78 is 13.4. The van der Waals surface area contributed by atoms with Crippen molar-refractivity contribution in [3.63, 3.8) is 0 Å². The van der Waals surface area contributed by atoms with Gasteiger partial charge in [0, 0.05) is 0 Å². The van der Waals surface area contributed by atoms with Crippen molar-refractivity contribution in [1.82, 2.24) is 4.90 Å². The number of carbonyl (C=O) groups excluding carboxylic acids is 1. The van der Waals surface area contributed by atoms with Crippen LogP contribution in [0.5, 0.6) is 0 Å². The highest BCUT2D eigenvalue weighted by Gasteiger charge is 2.34. The first-order chi connectivity index (χ1) is 8.54. The van der Waals surface area contributed by atoms with Crippen molar-refractivity contribution >= 4 is 23.5 Å². The molecule has 6 heteroatoms. The third-order valence-corrected chi connectivity index (χ3v) is 2.89. The van der Waals surface area contributed by atoms with Gasteiger partial charge in [0.05, 0.1) is 11.6 Å². The van der Waals surface area contributed by atoms with Crippen molar-refractivity contribution < 1.29 is 9.18 Å². The van der Waals surface area contributed by atoms with Gasteiger partial charge in [-0.25, -0.2) is 9.18 Å². The fraction of sp³-hybridized carbons (Fsp3) is 0.167. The molecule has 2 N–H and O–H groups in total. The van der Waals surface area contributed by atoms with Gasteiger partial charge in [0.25, 0.3) is 0 Å². The molecule has 18 heavy (non-hydrogen) atoms. The molecule has 0 spiro atoms. The van der Waals surface area contributed by atoms with Gasteiger partial charge in [0.1, 0.15) is 17.7 Å². The summed E-state index contributed by atoms with van der Waals surface area (Å²) >= 11 is 5.60. The highest BCUT2D eigenvalue weighted by Crippen LogP contribution is 2.28. The average molecular weight is 266 g/mol. The molecule has 0 aromatic heterocycles. The van der Waals surface area contributed by atoms with Crippen molar-refractivity contribution in [1.29, 1.82) is 0 Å². The lowest BCUT2D eigenvalue weighted by Crippen LogP contribution is -2.33. The first-order valence-electron chi connectivity index (χ1n) is 5.07. The van der Waals surface area contributed by atoms with Gasteiger partial charge in [-0.1, -0.05) is 23.6 Å². The van der Waals surface area contributed by atoms with E-state index in [1.54, 1.807) is 6.07 Å². The summed E-state index contributed by atoms with van der Waals surface area (Å²) in [6.45, 7) is 0.0535. The molecule has 0 aliphatic carbocycles. The van der Waals surface area contributed by atoms with Crippen molar-refractivity contribution in [2.24, 2.45) is 10.7 Å². The van der Waals surface area contributed by atoms with Crippen LogP contribution in [-0.4, -0.2) is 23.3 Å². The van der Waals surface area contributed by atoms with E-state index in [9.17, 15) is 9.18 Å². The molecule has 0 fully saturated rings. The van der Waals surface area contributed by atoms with Crippen LogP contribution in [0.4, 0.5) is 9.18 Å². The van der Waals surface area contributed by atoms with Gasteiger partial charge in [-0.05, 0) is 17.7 Å². The van der Waals surface area contributed by atoms with Crippen molar-refractivity contribution in [2.75, 3.05) is 6.54 Å². The molecule has 0 radical (unpaired) electrons. The van der Waals surface area contributed by atoms with E-state index in [4.69, 9.17) is 23.8 Å². The second-order valence-corrected chi connectivity index (χ2v) is 4.13. The monoisotopic (exact) mass is 265 g/mol. The van der Waals surface area contributed by atoms with E-state index < -0.39 is 17.9 Å². The Bertz CT molecular complexity index is 579. The van der Waals surface area contributed by atoms with E-state index in [1.807, 2.05) is 0 Å². The smallest absolute Gasteiger partial charge is 0.346 e. The Morgan fingerprint density at radius 3 is 2.94 bits per heavy atom. The number of hydrogen-bond acceptors (Lipinski definition) is 2. The molecule has 1 unspecified atom stereocenters. The van der Waals surface area contributed by atoms with Gasteiger partial charge in [-0.2, -0.15) is 4.99 Å². The van der Waals surface area contributed by atoms with E-state index in [0.717, 1.165) is 0 Å². The zero-order valence-corrected chi connectivity index (χ0v) is 9.99. The maximum atomic E-state index is 13.4. The fourth-order valence-corrected chi connectivity index (χ4v) is 1.91. The molecule has 4 nitrogen and oxygen atoms in total. The highest BCUT2D eigenvalue weighted by atomic mass is 35.5. The molecule has 1 aliphatic rings. The zero-order valence-electron chi connectivity index (χ0n) is 9.23. The first-order valence-corrected chi connectivity index (χ1v) is 5.45. The molecule has 92 valence electrons. The van der Waals surface area contributed by atoms with Crippen LogP contribution in [0.15, 0.2) is 23.2 Å². The van der Waals surface area contributed by atoms with Gasteiger partial charge in [-0.3, -0.25) is 4.90 Å². The third kappa shape index (κ3) is 2.03. The van der Waals surface area contributed by atoms with Crippen LogP contribution >= 0.6 is 11.6 Å². The number of nitrogens with two attached hydrogens (primary N) is 1. The number of rotatable bonds is 2. The second kappa shape index (κ2) is 4.67. The van der Waals surface area contributed by atoms with Crippen LogP contribution in [0, 0.1) is 18.2 Å². The summed E-state index contributed by atoms with van der Waals surface area (Å²) in [5.41, 5.74) is 6.16. The fourth-order valence-electron chi connectivity index (χ4n) is 1.80. The first kappa shape index (κ1) is 12.4. The van der Waals surface area contributed by atoms with E-state index >= 15 is 0 Å². The molecule has 0 saturated heterocycles. The minimum atomic E-state index is -0.639. The van der Waals surface area contributed by atoms with Crippen molar-refractivity contribution in [3.8, 4) is 12.3 Å².